The van der Waals surface area contributed by atoms with Crippen LogP contribution in [0.5, 0.6) is 5.75 Å². The minimum atomic E-state index is 0.357. The number of para-hydroxylation sites is 1. The van der Waals surface area contributed by atoms with E-state index in [4.69, 9.17) is 9.47 Å². The van der Waals surface area contributed by atoms with Crippen molar-refractivity contribution in [3.63, 3.8) is 0 Å². The molecule has 1 aromatic rings. The first-order chi connectivity index (χ1) is 9.65. The molecule has 20 heavy (non-hydrogen) atoms. The van der Waals surface area contributed by atoms with Gasteiger partial charge in [0.05, 0.1) is 23.3 Å². The van der Waals surface area contributed by atoms with E-state index in [-0.39, 0.29) is 0 Å². The first-order valence-electron chi connectivity index (χ1n) is 7.40. The molecule has 1 saturated heterocycles. The lowest BCUT2D eigenvalue weighted by Gasteiger charge is -2.35. The van der Waals surface area contributed by atoms with Gasteiger partial charge in [0.1, 0.15) is 5.75 Å². The molecule has 0 radical (unpaired) electrons. The van der Waals surface area contributed by atoms with Crippen LogP contribution in [0.1, 0.15) is 26.7 Å². The van der Waals surface area contributed by atoms with E-state index in [1.54, 1.807) is 0 Å². The van der Waals surface area contributed by atoms with Crippen molar-refractivity contribution in [3.8, 4) is 5.75 Å². The van der Waals surface area contributed by atoms with Crippen molar-refractivity contribution >= 4 is 15.9 Å². The highest BCUT2D eigenvalue weighted by Gasteiger charge is 2.21. The Labute approximate surface area is 130 Å². The Morgan fingerprint density at radius 2 is 1.90 bits per heavy atom. The van der Waals surface area contributed by atoms with Gasteiger partial charge in [0.25, 0.3) is 0 Å². The van der Waals surface area contributed by atoms with E-state index in [1.165, 1.54) is 6.42 Å². The Balaban J connectivity index is 1.61. The molecule has 1 heterocycles. The molecule has 2 rings (SSSR count). The minimum absolute atomic E-state index is 0.357. The average Bonchev–Trinajstić information content (AvgIpc) is 2.39. The summed E-state index contributed by atoms with van der Waals surface area (Å²) in [5, 5.41) is 0. The monoisotopic (exact) mass is 341 g/mol. The Hall–Kier alpha value is -0.580. The van der Waals surface area contributed by atoms with Crippen LogP contribution in [0, 0.1) is 0 Å². The minimum Gasteiger partial charge on any atom is -0.492 e. The fraction of sp³-hybridized carbons (Fsp3) is 0.625. The fourth-order valence-corrected chi connectivity index (χ4v) is 3.05. The molecular formula is C16H24BrNO2. The quantitative estimate of drug-likeness (QED) is 0.736. The Morgan fingerprint density at radius 1 is 1.20 bits per heavy atom. The molecule has 0 unspecified atom stereocenters. The number of unbranched alkanes of at least 4 members (excludes halogenated alkanes) is 1. The number of morpholine rings is 1. The molecule has 4 heteroatoms. The first-order valence-corrected chi connectivity index (χ1v) is 8.19. The number of ether oxygens (including phenoxy) is 2. The molecule has 0 bridgehead atoms. The predicted octanol–water partition coefficient (Wildman–Crippen LogP) is 3.72. The molecule has 0 aliphatic carbocycles. The van der Waals surface area contributed by atoms with Crippen LogP contribution in [0.2, 0.25) is 0 Å². The van der Waals surface area contributed by atoms with Gasteiger partial charge < -0.3 is 9.47 Å². The van der Waals surface area contributed by atoms with Crippen molar-refractivity contribution < 1.29 is 9.47 Å². The molecule has 3 nitrogen and oxygen atoms in total. The van der Waals surface area contributed by atoms with Gasteiger partial charge in [-0.15, -0.1) is 0 Å². The van der Waals surface area contributed by atoms with Crippen LogP contribution in [-0.2, 0) is 4.74 Å². The van der Waals surface area contributed by atoms with Crippen molar-refractivity contribution in [2.45, 2.75) is 38.9 Å². The maximum Gasteiger partial charge on any atom is 0.133 e. The van der Waals surface area contributed by atoms with E-state index in [9.17, 15) is 0 Å². The lowest BCUT2D eigenvalue weighted by Crippen LogP contribution is -2.45. The van der Waals surface area contributed by atoms with Gasteiger partial charge in [-0.3, -0.25) is 4.90 Å². The molecule has 1 aliphatic rings. The van der Waals surface area contributed by atoms with E-state index in [0.29, 0.717) is 12.2 Å². The molecule has 0 spiro atoms. The number of hydrogen-bond donors (Lipinski definition) is 0. The fourth-order valence-electron chi connectivity index (χ4n) is 2.65. The van der Waals surface area contributed by atoms with Gasteiger partial charge >= 0.3 is 0 Å². The molecule has 2 atom stereocenters. The molecular weight excluding hydrogens is 318 g/mol. The predicted molar refractivity (Wildman–Crippen MR) is 85.3 cm³/mol. The summed E-state index contributed by atoms with van der Waals surface area (Å²) in [7, 11) is 0. The molecule has 0 saturated carbocycles. The summed E-state index contributed by atoms with van der Waals surface area (Å²) in [4.78, 5) is 2.50. The van der Waals surface area contributed by atoms with E-state index < -0.39 is 0 Å². The summed E-state index contributed by atoms with van der Waals surface area (Å²) in [5.74, 6) is 0.932. The summed E-state index contributed by atoms with van der Waals surface area (Å²) in [6, 6.07) is 8.00. The Morgan fingerprint density at radius 3 is 2.60 bits per heavy atom. The van der Waals surface area contributed by atoms with Gasteiger partial charge in [-0.2, -0.15) is 0 Å². The maximum absolute atomic E-state index is 5.78. The van der Waals surface area contributed by atoms with Crippen molar-refractivity contribution in [2.75, 3.05) is 26.2 Å². The second-order valence-corrected chi connectivity index (χ2v) is 6.36. The zero-order valence-corrected chi connectivity index (χ0v) is 13.9. The van der Waals surface area contributed by atoms with Crippen molar-refractivity contribution in [1.29, 1.82) is 0 Å². The molecule has 0 amide bonds. The van der Waals surface area contributed by atoms with Crippen LogP contribution in [0.25, 0.3) is 0 Å². The van der Waals surface area contributed by atoms with Gasteiger partial charge in [0.2, 0.25) is 0 Å². The van der Waals surface area contributed by atoms with Gasteiger partial charge in [0.15, 0.2) is 0 Å². The van der Waals surface area contributed by atoms with Crippen molar-refractivity contribution in [3.05, 3.63) is 28.7 Å². The molecule has 1 aliphatic heterocycles. The van der Waals surface area contributed by atoms with Crippen molar-refractivity contribution in [2.24, 2.45) is 0 Å². The lowest BCUT2D eigenvalue weighted by molar-refractivity contribution is -0.0682. The molecule has 1 fully saturated rings. The van der Waals surface area contributed by atoms with Crippen LogP contribution < -0.4 is 4.74 Å². The summed E-state index contributed by atoms with van der Waals surface area (Å²) in [5.41, 5.74) is 0. The summed E-state index contributed by atoms with van der Waals surface area (Å²) < 4.78 is 12.5. The molecule has 112 valence electrons. The van der Waals surface area contributed by atoms with Crippen LogP contribution in [-0.4, -0.2) is 43.3 Å². The Kier molecular flexibility index (Phi) is 6.33. The van der Waals surface area contributed by atoms with Crippen LogP contribution in [0.3, 0.4) is 0 Å². The zero-order valence-electron chi connectivity index (χ0n) is 12.3. The molecule has 0 N–H and O–H groups in total. The third kappa shape index (κ3) is 5.08. The third-order valence-corrected chi connectivity index (χ3v) is 4.11. The average molecular weight is 342 g/mol. The zero-order chi connectivity index (χ0) is 14.4. The van der Waals surface area contributed by atoms with Crippen molar-refractivity contribution in [1.82, 2.24) is 4.90 Å². The van der Waals surface area contributed by atoms with E-state index in [2.05, 4.69) is 34.7 Å². The third-order valence-electron chi connectivity index (χ3n) is 3.46. The summed E-state index contributed by atoms with van der Waals surface area (Å²) in [6.07, 6.45) is 2.97. The topological polar surface area (TPSA) is 21.7 Å². The number of hydrogen-bond acceptors (Lipinski definition) is 3. The van der Waals surface area contributed by atoms with E-state index in [1.807, 2.05) is 24.3 Å². The second-order valence-electron chi connectivity index (χ2n) is 5.50. The summed E-state index contributed by atoms with van der Waals surface area (Å²) in [6.45, 7) is 8.32. The molecule has 1 aromatic carbocycles. The van der Waals surface area contributed by atoms with E-state index in [0.717, 1.165) is 42.9 Å². The number of nitrogens with zero attached hydrogens (tertiary/aromatic N) is 1. The first kappa shape index (κ1) is 15.8. The number of benzene rings is 1. The largest absolute Gasteiger partial charge is 0.492 e. The normalized spacial score (nSPS) is 23.8. The molecule has 0 aromatic heterocycles. The van der Waals surface area contributed by atoms with Gasteiger partial charge in [-0.05, 0) is 61.3 Å². The van der Waals surface area contributed by atoms with Crippen LogP contribution in [0.4, 0.5) is 0 Å². The Bertz CT molecular complexity index is 403. The van der Waals surface area contributed by atoms with E-state index >= 15 is 0 Å². The maximum atomic E-state index is 5.78. The van der Waals surface area contributed by atoms with Gasteiger partial charge in [0, 0.05) is 13.1 Å². The SMILES string of the molecule is C[C@H]1CN(CCCCOc2ccccc2Br)C[C@H](C)O1. The second kappa shape index (κ2) is 8.01. The standard InChI is InChI=1S/C16H24BrNO2/c1-13-11-18(12-14(2)20-13)9-5-6-10-19-16-8-4-3-7-15(16)17/h3-4,7-8,13-14H,5-6,9-12H2,1-2H3/t13-,14-/m0/s1. The van der Waals surface area contributed by atoms with Crippen LogP contribution in [0.15, 0.2) is 28.7 Å². The summed E-state index contributed by atoms with van der Waals surface area (Å²) >= 11 is 3.49. The highest BCUT2D eigenvalue weighted by molar-refractivity contribution is 9.10. The number of halogens is 1. The highest BCUT2D eigenvalue weighted by atomic mass is 79.9. The smallest absolute Gasteiger partial charge is 0.133 e. The lowest BCUT2D eigenvalue weighted by atomic mass is 10.2. The van der Waals surface area contributed by atoms with Gasteiger partial charge in [-0.25, -0.2) is 0 Å². The number of rotatable bonds is 6. The highest BCUT2D eigenvalue weighted by Crippen LogP contribution is 2.23. The van der Waals surface area contributed by atoms with Crippen LogP contribution >= 0.6 is 15.9 Å². The van der Waals surface area contributed by atoms with Gasteiger partial charge in [-0.1, -0.05) is 12.1 Å².